The lowest BCUT2D eigenvalue weighted by molar-refractivity contribution is 0.174. The summed E-state index contributed by atoms with van der Waals surface area (Å²) >= 11 is 0. The molecule has 0 unspecified atom stereocenters. The van der Waals surface area contributed by atoms with E-state index in [1.165, 1.54) is 6.07 Å². The van der Waals surface area contributed by atoms with Gasteiger partial charge in [0.2, 0.25) is 0 Å². The van der Waals surface area contributed by atoms with E-state index in [0.29, 0.717) is 24.4 Å². The van der Waals surface area contributed by atoms with Gasteiger partial charge in [-0.15, -0.1) is 0 Å². The van der Waals surface area contributed by atoms with Gasteiger partial charge in [0, 0.05) is 18.7 Å². The number of benzene rings is 3. The highest BCUT2D eigenvalue weighted by atomic mass is 19.1. The Morgan fingerprint density at radius 2 is 1.69 bits per heavy atom. The third-order valence-corrected chi connectivity index (χ3v) is 4.10. The molecule has 134 valence electrons. The highest BCUT2D eigenvalue weighted by Crippen LogP contribution is 2.17. The van der Waals surface area contributed by atoms with Crippen molar-refractivity contribution in [2.45, 2.75) is 19.3 Å². The zero-order valence-electron chi connectivity index (χ0n) is 14.4. The van der Waals surface area contributed by atoms with Crippen molar-refractivity contribution < 1.29 is 14.2 Å². The van der Waals surface area contributed by atoms with E-state index in [1.807, 2.05) is 54.6 Å². The van der Waals surface area contributed by atoms with Crippen LogP contribution < -0.4 is 10.1 Å². The molecule has 3 aromatic rings. The molecule has 0 aromatic heterocycles. The Balaban J connectivity index is 1.50. The molecular formula is C22H22FNO2. The molecule has 3 nitrogen and oxygen atoms in total. The van der Waals surface area contributed by atoms with Gasteiger partial charge in [0.25, 0.3) is 0 Å². The molecule has 0 fully saturated rings. The Labute approximate surface area is 153 Å². The fourth-order valence-corrected chi connectivity index (χ4v) is 2.67. The highest BCUT2D eigenvalue weighted by molar-refractivity contribution is 5.29. The molecule has 26 heavy (non-hydrogen) atoms. The fourth-order valence-electron chi connectivity index (χ4n) is 2.67. The quantitative estimate of drug-likeness (QED) is 0.638. The average Bonchev–Trinajstić information content (AvgIpc) is 2.68. The number of nitrogens with one attached hydrogen (secondary N) is 1. The molecule has 0 aliphatic heterocycles. The molecule has 0 bridgehead atoms. The zero-order chi connectivity index (χ0) is 18.2. The Hall–Kier alpha value is -2.69. The second-order valence-corrected chi connectivity index (χ2v) is 6.08. The van der Waals surface area contributed by atoms with Crippen LogP contribution in [0.25, 0.3) is 0 Å². The van der Waals surface area contributed by atoms with Gasteiger partial charge in [-0.2, -0.15) is 0 Å². The minimum atomic E-state index is -0.545. The minimum absolute atomic E-state index is 0.191. The number of halogens is 1. The maximum absolute atomic E-state index is 13.6. The molecule has 3 aromatic carbocycles. The van der Waals surface area contributed by atoms with Gasteiger partial charge in [0.1, 0.15) is 18.2 Å². The van der Waals surface area contributed by atoms with E-state index < -0.39 is 6.10 Å². The number of rotatable bonds is 8. The summed E-state index contributed by atoms with van der Waals surface area (Å²) < 4.78 is 19.3. The van der Waals surface area contributed by atoms with Crippen molar-refractivity contribution in [1.82, 2.24) is 5.32 Å². The summed E-state index contributed by atoms with van der Waals surface area (Å²) in [6.07, 6.45) is -0.545. The molecule has 0 radical (unpaired) electrons. The van der Waals surface area contributed by atoms with Crippen LogP contribution in [0.3, 0.4) is 0 Å². The Morgan fingerprint density at radius 3 is 2.50 bits per heavy atom. The van der Waals surface area contributed by atoms with Gasteiger partial charge in [-0.3, -0.25) is 0 Å². The summed E-state index contributed by atoms with van der Waals surface area (Å²) in [6, 6.07) is 23.8. The lowest BCUT2D eigenvalue weighted by Crippen LogP contribution is -2.21. The molecule has 0 aliphatic rings. The number of aliphatic hydroxyl groups is 1. The van der Waals surface area contributed by atoms with Crippen molar-refractivity contribution in [3.63, 3.8) is 0 Å². The van der Waals surface area contributed by atoms with E-state index in [9.17, 15) is 9.50 Å². The highest BCUT2D eigenvalue weighted by Gasteiger charge is 2.06. The molecule has 0 spiro atoms. The van der Waals surface area contributed by atoms with Crippen LogP contribution in [0.4, 0.5) is 4.39 Å². The molecule has 0 saturated carbocycles. The molecule has 4 heteroatoms. The monoisotopic (exact) mass is 351 g/mol. The third kappa shape index (κ3) is 5.15. The second-order valence-electron chi connectivity index (χ2n) is 6.08. The van der Waals surface area contributed by atoms with E-state index in [0.717, 1.165) is 11.1 Å². The third-order valence-electron chi connectivity index (χ3n) is 4.10. The molecule has 0 saturated heterocycles. The fraction of sp³-hybridized carbons (Fsp3) is 0.182. The molecule has 1 atom stereocenters. The van der Waals surface area contributed by atoms with E-state index in [-0.39, 0.29) is 12.4 Å². The van der Waals surface area contributed by atoms with Crippen molar-refractivity contribution in [3.8, 4) is 5.75 Å². The summed E-state index contributed by atoms with van der Waals surface area (Å²) in [5, 5.41) is 13.4. The van der Waals surface area contributed by atoms with Crippen molar-refractivity contribution in [3.05, 3.63) is 101 Å². The number of aliphatic hydroxyl groups excluding tert-OH is 1. The van der Waals surface area contributed by atoms with Crippen LogP contribution >= 0.6 is 0 Å². The SMILES string of the molecule is O[C@H](CNCc1cccc(OCc2ccccc2F)c1)c1ccccc1. The topological polar surface area (TPSA) is 41.5 Å². The van der Waals surface area contributed by atoms with E-state index in [1.54, 1.807) is 18.2 Å². The lowest BCUT2D eigenvalue weighted by Gasteiger charge is -2.13. The second kappa shape index (κ2) is 9.13. The van der Waals surface area contributed by atoms with E-state index in [2.05, 4.69) is 5.32 Å². The van der Waals surface area contributed by atoms with Gasteiger partial charge < -0.3 is 15.2 Å². The van der Waals surface area contributed by atoms with Crippen LogP contribution in [0.1, 0.15) is 22.8 Å². The summed E-state index contributed by atoms with van der Waals surface area (Å²) in [4.78, 5) is 0. The first kappa shape index (κ1) is 18.1. The minimum Gasteiger partial charge on any atom is -0.489 e. The predicted octanol–water partition coefficient (Wildman–Crippen LogP) is 4.23. The maximum Gasteiger partial charge on any atom is 0.129 e. The van der Waals surface area contributed by atoms with Crippen molar-refractivity contribution >= 4 is 0 Å². The van der Waals surface area contributed by atoms with Gasteiger partial charge in [-0.25, -0.2) is 4.39 Å². The summed E-state index contributed by atoms with van der Waals surface area (Å²) in [6.45, 7) is 1.27. The Kier molecular flexibility index (Phi) is 6.36. The van der Waals surface area contributed by atoms with Crippen LogP contribution in [0.15, 0.2) is 78.9 Å². The smallest absolute Gasteiger partial charge is 0.129 e. The number of hydrogen-bond donors (Lipinski definition) is 2. The zero-order valence-corrected chi connectivity index (χ0v) is 14.4. The Bertz CT molecular complexity index is 823. The predicted molar refractivity (Wildman–Crippen MR) is 100 cm³/mol. The molecule has 0 heterocycles. The number of hydrogen-bond acceptors (Lipinski definition) is 3. The standard InChI is InChI=1S/C22H22FNO2/c23-21-12-5-4-10-19(21)16-26-20-11-6-7-17(13-20)14-24-15-22(25)18-8-2-1-3-9-18/h1-13,22,24-25H,14-16H2/t22-/m1/s1. The van der Waals surface area contributed by atoms with Gasteiger partial charge in [-0.05, 0) is 29.3 Å². The average molecular weight is 351 g/mol. The van der Waals surface area contributed by atoms with Crippen molar-refractivity contribution in [2.75, 3.05) is 6.54 Å². The molecule has 0 amide bonds. The maximum atomic E-state index is 13.6. The van der Waals surface area contributed by atoms with Gasteiger partial charge in [0.15, 0.2) is 0 Å². The van der Waals surface area contributed by atoms with Gasteiger partial charge in [0.05, 0.1) is 6.10 Å². The molecule has 2 N–H and O–H groups in total. The summed E-state index contributed by atoms with van der Waals surface area (Å²) in [5.74, 6) is 0.427. The van der Waals surface area contributed by atoms with Crippen LogP contribution in [-0.4, -0.2) is 11.7 Å². The molecule has 3 rings (SSSR count). The first-order valence-corrected chi connectivity index (χ1v) is 8.61. The van der Waals surface area contributed by atoms with Crippen LogP contribution in [0.2, 0.25) is 0 Å². The first-order valence-electron chi connectivity index (χ1n) is 8.61. The van der Waals surface area contributed by atoms with E-state index >= 15 is 0 Å². The number of ether oxygens (including phenoxy) is 1. The van der Waals surface area contributed by atoms with E-state index in [4.69, 9.17) is 4.74 Å². The summed E-state index contributed by atoms with van der Waals surface area (Å²) in [7, 11) is 0. The van der Waals surface area contributed by atoms with Crippen molar-refractivity contribution in [2.24, 2.45) is 0 Å². The Morgan fingerprint density at radius 1 is 0.923 bits per heavy atom. The van der Waals surface area contributed by atoms with Crippen LogP contribution in [0, 0.1) is 5.82 Å². The van der Waals surface area contributed by atoms with Gasteiger partial charge >= 0.3 is 0 Å². The molecular weight excluding hydrogens is 329 g/mol. The first-order chi connectivity index (χ1) is 12.7. The van der Waals surface area contributed by atoms with Crippen LogP contribution in [-0.2, 0) is 13.2 Å². The van der Waals surface area contributed by atoms with Crippen molar-refractivity contribution in [1.29, 1.82) is 0 Å². The van der Waals surface area contributed by atoms with Gasteiger partial charge in [-0.1, -0.05) is 60.7 Å². The normalized spacial score (nSPS) is 11.9. The lowest BCUT2D eigenvalue weighted by atomic mass is 10.1. The molecule has 0 aliphatic carbocycles. The summed E-state index contributed by atoms with van der Waals surface area (Å²) in [5.41, 5.74) is 2.46. The van der Waals surface area contributed by atoms with Crippen LogP contribution in [0.5, 0.6) is 5.75 Å². The largest absolute Gasteiger partial charge is 0.489 e.